The molecule has 0 amide bonds. The van der Waals surface area contributed by atoms with Gasteiger partial charge in [-0.3, -0.25) is 8.97 Å². The molecule has 4 heterocycles. The summed E-state index contributed by atoms with van der Waals surface area (Å²) < 4.78 is 6.47. The van der Waals surface area contributed by atoms with Crippen LogP contribution in [0.1, 0.15) is 22.3 Å². The summed E-state index contributed by atoms with van der Waals surface area (Å²) in [5, 5.41) is 2.31. The Bertz CT molecular complexity index is 2600. The topological polar surface area (TPSA) is 65.8 Å². The van der Waals surface area contributed by atoms with Gasteiger partial charge >= 0.3 is 0 Å². The van der Waals surface area contributed by atoms with Gasteiger partial charge in [-0.2, -0.15) is 15.0 Å². The van der Waals surface area contributed by atoms with E-state index in [0.717, 1.165) is 66.3 Å². The molecular formula is C38H29N7. The molecule has 216 valence electrons. The number of para-hydroxylation sites is 4. The molecule has 9 rings (SSSR count). The fraction of sp³-hybridized carbons (Fsp3) is 0.105. The Morgan fingerprint density at radius 1 is 0.489 bits per heavy atom. The zero-order chi connectivity index (χ0) is 30.4. The van der Waals surface area contributed by atoms with Gasteiger partial charge in [-0.15, -0.1) is 0 Å². The first-order valence-corrected chi connectivity index (χ1v) is 15.2. The van der Waals surface area contributed by atoms with Crippen LogP contribution in [0.4, 0.5) is 0 Å². The molecule has 0 saturated carbocycles. The van der Waals surface area contributed by atoms with E-state index in [0.29, 0.717) is 17.7 Å². The van der Waals surface area contributed by atoms with Crippen molar-refractivity contribution in [3.05, 3.63) is 125 Å². The van der Waals surface area contributed by atoms with Gasteiger partial charge in [0.1, 0.15) is 0 Å². The van der Waals surface area contributed by atoms with E-state index in [1.54, 1.807) is 0 Å². The van der Waals surface area contributed by atoms with Gasteiger partial charge in [-0.25, -0.2) is 9.55 Å². The van der Waals surface area contributed by atoms with Crippen LogP contribution in [0.25, 0.3) is 72.9 Å². The maximum absolute atomic E-state index is 5.26. The van der Waals surface area contributed by atoms with Gasteiger partial charge in [0, 0.05) is 16.3 Å². The van der Waals surface area contributed by atoms with Gasteiger partial charge in [0.25, 0.3) is 0 Å². The molecule has 0 unspecified atom stereocenters. The van der Waals surface area contributed by atoms with Crippen LogP contribution in [0.2, 0.25) is 0 Å². The minimum Gasteiger partial charge on any atom is -0.278 e. The molecule has 0 bridgehead atoms. The van der Waals surface area contributed by atoms with Crippen molar-refractivity contribution in [2.24, 2.45) is 0 Å². The van der Waals surface area contributed by atoms with Crippen molar-refractivity contribution in [2.75, 3.05) is 0 Å². The minimum absolute atomic E-state index is 0.522. The number of rotatable bonds is 3. The third-order valence-corrected chi connectivity index (χ3v) is 9.08. The van der Waals surface area contributed by atoms with E-state index in [2.05, 4.69) is 144 Å². The standard InChI is InChI=1S/C38H29N7/c1-22-20-24(3)34-33(21-22)44-31-18-9-10-19-32(31)45(38(44)39-34)37-41-35(26-15-11-12-23(2)25(26)4)40-36(42-37)43-29-16-7-5-13-27(29)28-14-6-8-17-30(28)43/h5-21H,1-4H3. The molecule has 0 aliphatic rings. The number of benzene rings is 5. The quantitative estimate of drug-likeness (QED) is 0.209. The Kier molecular flexibility index (Phi) is 5.32. The summed E-state index contributed by atoms with van der Waals surface area (Å²) in [6.07, 6.45) is 0. The molecule has 0 radical (unpaired) electrons. The van der Waals surface area contributed by atoms with Gasteiger partial charge in [-0.05, 0) is 80.3 Å². The Morgan fingerprint density at radius 2 is 1.11 bits per heavy atom. The molecule has 5 aromatic carbocycles. The molecule has 9 aromatic rings. The summed E-state index contributed by atoms with van der Waals surface area (Å²) >= 11 is 0. The van der Waals surface area contributed by atoms with E-state index in [4.69, 9.17) is 19.9 Å². The highest BCUT2D eigenvalue weighted by Crippen LogP contribution is 2.34. The van der Waals surface area contributed by atoms with Gasteiger partial charge in [0.2, 0.25) is 17.7 Å². The maximum Gasteiger partial charge on any atom is 0.242 e. The Balaban J connectivity index is 1.44. The molecule has 0 N–H and O–H groups in total. The molecule has 0 saturated heterocycles. The Hall–Kier alpha value is -5.82. The van der Waals surface area contributed by atoms with E-state index in [1.165, 1.54) is 11.1 Å². The molecule has 0 fully saturated rings. The summed E-state index contributed by atoms with van der Waals surface area (Å²) in [6, 6.07) is 35.9. The van der Waals surface area contributed by atoms with Crippen molar-refractivity contribution in [3.63, 3.8) is 0 Å². The second-order valence-electron chi connectivity index (χ2n) is 11.9. The minimum atomic E-state index is 0.522. The number of hydrogen-bond acceptors (Lipinski definition) is 4. The number of nitrogens with zero attached hydrogens (tertiary/aromatic N) is 7. The maximum atomic E-state index is 5.26. The largest absolute Gasteiger partial charge is 0.278 e. The third kappa shape index (κ3) is 3.64. The van der Waals surface area contributed by atoms with Crippen molar-refractivity contribution in [1.29, 1.82) is 0 Å². The lowest BCUT2D eigenvalue weighted by Gasteiger charge is -2.13. The van der Waals surface area contributed by atoms with Crippen molar-refractivity contribution < 1.29 is 0 Å². The molecule has 7 heteroatoms. The van der Waals surface area contributed by atoms with Crippen molar-refractivity contribution in [1.82, 2.24) is 33.5 Å². The van der Waals surface area contributed by atoms with Crippen LogP contribution in [-0.4, -0.2) is 33.5 Å². The van der Waals surface area contributed by atoms with Crippen molar-refractivity contribution >= 4 is 49.7 Å². The zero-order valence-corrected chi connectivity index (χ0v) is 25.4. The average Bonchev–Trinajstić information content (AvgIpc) is 3.69. The summed E-state index contributed by atoms with van der Waals surface area (Å²) in [4.78, 5) is 20.9. The SMILES string of the molecule is Cc1cc(C)c2nc3n(-c4nc(-c5cccc(C)c5C)nc(-n5c6ccccc6c6ccccc65)n4)c4ccccc4n3c2c1. The number of aryl methyl sites for hydroxylation is 3. The molecule has 45 heavy (non-hydrogen) atoms. The highest BCUT2D eigenvalue weighted by atomic mass is 15.3. The first kappa shape index (κ1) is 25.7. The molecular weight excluding hydrogens is 554 g/mol. The van der Waals surface area contributed by atoms with Crippen LogP contribution in [0, 0.1) is 27.7 Å². The highest BCUT2D eigenvalue weighted by molar-refractivity contribution is 6.09. The number of aromatic nitrogens is 7. The monoisotopic (exact) mass is 583 g/mol. The second kappa shape index (κ2) is 9.34. The Labute approximate surface area is 259 Å². The highest BCUT2D eigenvalue weighted by Gasteiger charge is 2.23. The van der Waals surface area contributed by atoms with Crippen molar-refractivity contribution in [3.8, 4) is 23.3 Å². The van der Waals surface area contributed by atoms with Crippen LogP contribution in [0.5, 0.6) is 0 Å². The van der Waals surface area contributed by atoms with Gasteiger partial charge < -0.3 is 0 Å². The van der Waals surface area contributed by atoms with E-state index in [1.807, 2.05) is 0 Å². The molecule has 0 spiro atoms. The first-order valence-electron chi connectivity index (χ1n) is 15.2. The molecule has 0 atom stereocenters. The lowest BCUT2D eigenvalue weighted by atomic mass is 10.0. The summed E-state index contributed by atoms with van der Waals surface area (Å²) in [5.41, 5.74) is 11.8. The normalized spacial score (nSPS) is 12.0. The van der Waals surface area contributed by atoms with Crippen LogP contribution < -0.4 is 0 Å². The molecule has 0 aliphatic carbocycles. The molecule has 7 nitrogen and oxygen atoms in total. The smallest absolute Gasteiger partial charge is 0.242 e. The zero-order valence-electron chi connectivity index (χ0n) is 25.4. The average molecular weight is 584 g/mol. The van der Waals surface area contributed by atoms with Crippen LogP contribution >= 0.6 is 0 Å². The third-order valence-electron chi connectivity index (χ3n) is 9.08. The van der Waals surface area contributed by atoms with Crippen LogP contribution in [0.15, 0.2) is 103 Å². The Morgan fingerprint density at radius 3 is 1.82 bits per heavy atom. The fourth-order valence-electron chi connectivity index (χ4n) is 6.85. The fourth-order valence-corrected chi connectivity index (χ4v) is 6.85. The van der Waals surface area contributed by atoms with E-state index >= 15 is 0 Å². The number of fused-ring (bicyclic) bond motifs is 8. The van der Waals surface area contributed by atoms with E-state index in [-0.39, 0.29) is 0 Å². The summed E-state index contributed by atoms with van der Waals surface area (Å²) in [6.45, 7) is 8.50. The lowest BCUT2D eigenvalue weighted by molar-refractivity contribution is 0.884. The second-order valence-corrected chi connectivity index (χ2v) is 11.9. The number of imidazole rings is 2. The van der Waals surface area contributed by atoms with Crippen LogP contribution in [0.3, 0.4) is 0 Å². The van der Waals surface area contributed by atoms with Crippen LogP contribution in [-0.2, 0) is 0 Å². The van der Waals surface area contributed by atoms with Crippen molar-refractivity contribution in [2.45, 2.75) is 27.7 Å². The lowest BCUT2D eigenvalue weighted by Crippen LogP contribution is -2.11. The van der Waals surface area contributed by atoms with Gasteiger partial charge in [0.15, 0.2) is 5.82 Å². The molecule has 0 aliphatic heterocycles. The van der Waals surface area contributed by atoms with E-state index < -0.39 is 0 Å². The summed E-state index contributed by atoms with van der Waals surface area (Å²) in [7, 11) is 0. The summed E-state index contributed by atoms with van der Waals surface area (Å²) in [5.74, 6) is 2.48. The van der Waals surface area contributed by atoms with Gasteiger partial charge in [-0.1, -0.05) is 72.8 Å². The van der Waals surface area contributed by atoms with Gasteiger partial charge in [0.05, 0.1) is 33.1 Å². The van der Waals surface area contributed by atoms with E-state index in [9.17, 15) is 0 Å². The predicted octanol–water partition coefficient (Wildman–Crippen LogP) is 8.61. The number of hydrogen-bond donors (Lipinski definition) is 0. The first-order chi connectivity index (χ1) is 22.0. The molecule has 4 aromatic heterocycles. The predicted molar refractivity (Wildman–Crippen MR) is 182 cm³/mol.